The van der Waals surface area contributed by atoms with E-state index in [-0.39, 0.29) is 36.8 Å². The lowest BCUT2D eigenvalue weighted by molar-refractivity contribution is -0.132. The molecule has 0 bridgehead atoms. The van der Waals surface area contributed by atoms with E-state index in [4.69, 9.17) is 35.2 Å². The van der Waals surface area contributed by atoms with E-state index in [9.17, 15) is 24.0 Å². The van der Waals surface area contributed by atoms with Crippen LogP contribution in [0, 0.1) is 0 Å². The fourth-order valence-electron chi connectivity index (χ4n) is 4.91. The Morgan fingerprint density at radius 2 is 1.45 bits per heavy atom. The number of primary amides is 1. The molecule has 11 N–H and O–H groups in total. The Morgan fingerprint density at radius 3 is 2.04 bits per heavy atom. The molecule has 2 rings (SSSR count). The summed E-state index contributed by atoms with van der Waals surface area (Å²) in [4.78, 5) is 71.1. The zero-order valence-electron chi connectivity index (χ0n) is 28.4. The summed E-state index contributed by atoms with van der Waals surface area (Å²) in [5.74, 6) is -2.55. The van der Waals surface area contributed by atoms with Crippen molar-refractivity contribution in [3.63, 3.8) is 0 Å². The summed E-state index contributed by atoms with van der Waals surface area (Å²) < 4.78 is 0.521. The van der Waals surface area contributed by atoms with Gasteiger partial charge in [-0.3, -0.25) is 33.9 Å². The fraction of sp³-hybridized carbons (Fsp3) is 0.545. The van der Waals surface area contributed by atoms with Crippen molar-refractivity contribution in [3.05, 3.63) is 40.3 Å². The van der Waals surface area contributed by atoms with Gasteiger partial charge < -0.3 is 38.9 Å². The second-order valence-corrected chi connectivity index (χ2v) is 13.4. The van der Waals surface area contributed by atoms with Gasteiger partial charge >= 0.3 is 0 Å². The van der Waals surface area contributed by atoms with E-state index in [0.717, 1.165) is 19.3 Å². The van der Waals surface area contributed by atoms with Crippen molar-refractivity contribution in [2.24, 2.45) is 27.9 Å². The normalized spacial score (nSPS) is 15.4. The summed E-state index contributed by atoms with van der Waals surface area (Å²) in [6.07, 6.45) is 7.36. The SMILES string of the molecule is CCCC[C@H](NC(=O)[C@H](CCCCN)NC(=O)[C@H](CCCN=C(N)N)NC(=O)c1ccc(/C=C2\SC(=S)N(CCCC)C2=O)cc1)C(N)=O. The molecule has 16 heteroatoms. The highest BCUT2D eigenvalue weighted by Gasteiger charge is 2.32. The number of thioether (sulfide) groups is 1. The summed E-state index contributed by atoms with van der Waals surface area (Å²) in [7, 11) is 0. The topological polar surface area (TPSA) is 241 Å². The van der Waals surface area contributed by atoms with Gasteiger partial charge in [0.2, 0.25) is 17.7 Å². The highest BCUT2D eigenvalue weighted by Crippen LogP contribution is 2.32. The van der Waals surface area contributed by atoms with Crippen molar-refractivity contribution in [1.82, 2.24) is 20.9 Å². The molecule has 3 atom stereocenters. The van der Waals surface area contributed by atoms with Crippen LogP contribution in [0.4, 0.5) is 0 Å². The largest absolute Gasteiger partial charge is 0.370 e. The van der Waals surface area contributed by atoms with E-state index in [1.807, 2.05) is 13.8 Å². The van der Waals surface area contributed by atoms with Gasteiger partial charge in [-0.2, -0.15) is 0 Å². The minimum absolute atomic E-state index is 0.1000. The molecule has 1 fully saturated rings. The Labute approximate surface area is 298 Å². The third-order valence-corrected chi connectivity index (χ3v) is 9.11. The van der Waals surface area contributed by atoms with E-state index >= 15 is 0 Å². The smallest absolute Gasteiger partial charge is 0.266 e. The summed E-state index contributed by atoms with van der Waals surface area (Å²) in [5.41, 5.74) is 23.0. The molecule has 0 unspecified atom stereocenters. The van der Waals surface area contributed by atoms with Crippen LogP contribution in [-0.4, -0.2) is 82.5 Å². The number of guanidine groups is 1. The number of benzene rings is 1. The van der Waals surface area contributed by atoms with Crippen molar-refractivity contribution < 1.29 is 24.0 Å². The number of nitrogens with zero attached hydrogens (tertiary/aromatic N) is 2. The van der Waals surface area contributed by atoms with Gasteiger partial charge in [0.25, 0.3) is 11.8 Å². The molecule has 1 aromatic carbocycles. The van der Waals surface area contributed by atoms with E-state index in [2.05, 4.69) is 20.9 Å². The van der Waals surface area contributed by atoms with Crippen molar-refractivity contribution >= 4 is 69.9 Å². The molecule has 0 spiro atoms. The molecule has 0 saturated carbocycles. The number of hydrogen-bond acceptors (Lipinski definition) is 9. The van der Waals surface area contributed by atoms with Crippen LogP contribution >= 0.6 is 24.0 Å². The lowest BCUT2D eigenvalue weighted by Gasteiger charge is -2.25. The lowest BCUT2D eigenvalue weighted by atomic mass is 10.0. The molecular formula is C33H51N9O5S2. The number of carbonyl (C=O) groups excluding carboxylic acids is 5. The average molecular weight is 718 g/mol. The molecular weight excluding hydrogens is 667 g/mol. The number of unbranched alkanes of at least 4 members (excludes halogenated alkanes) is 3. The van der Waals surface area contributed by atoms with Gasteiger partial charge in [0, 0.05) is 18.7 Å². The van der Waals surface area contributed by atoms with Gasteiger partial charge in [0.05, 0.1) is 4.91 Å². The molecule has 5 amide bonds. The van der Waals surface area contributed by atoms with Crippen LogP contribution in [0.25, 0.3) is 6.08 Å². The first-order chi connectivity index (χ1) is 23.4. The monoisotopic (exact) mass is 717 g/mol. The van der Waals surface area contributed by atoms with Gasteiger partial charge in [0.15, 0.2) is 5.96 Å². The predicted octanol–water partition coefficient (Wildman–Crippen LogP) is 1.61. The number of rotatable bonds is 22. The molecule has 1 aliphatic heterocycles. The van der Waals surface area contributed by atoms with Gasteiger partial charge in [0.1, 0.15) is 22.4 Å². The van der Waals surface area contributed by atoms with Gasteiger partial charge in [-0.15, -0.1) is 0 Å². The predicted molar refractivity (Wildman–Crippen MR) is 198 cm³/mol. The minimum atomic E-state index is -1.04. The first-order valence-corrected chi connectivity index (χ1v) is 18.0. The van der Waals surface area contributed by atoms with Gasteiger partial charge in [-0.25, -0.2) is 0 Å². The van der Waals surface area contributed by atoms with Crippen LogP contribution in [0.1, 0.15) is 94.0 Å². The number of thiocarbonyl (C=S) groups is 1. The molecule has 270 valence electrons. The minimum Gasteiger partial charge on any atom is -0.370 e. The van der Waals surface area contributed by atoms with Crippen molar-refractivity contribution in [2.75, 3.05) is 19.6 Å². The average Bonchev–Trinajstić information content (AvgIpc) is 3.33. The lowest BCUT2D eigenvalue weighted by Crippen LogP contribution is -2.56. The standard InChI is InChI=1S/C33H51N9O5S2/c1-3-5-10-23(27(35)43)39-29(45)24(11-7-8-17-34)41-30(46)25(12-9-18-38-32(36)37)40-28(44)22-15-13-21(14-16-22)20-26-31(47)42(19-6-4-2)33(48)49-26/h13-16,20,23-25H,3-12,17-19,34H2,1-2H3,(H2,35,43)(H,39,45)(H,40,44)(H,41,46)(H4,36,37,38)/b26-20-/t23-,24-,25-/m0/s1. The maximum atomic E-state index is 13.6. The number of hydrogen-bond donors (Lipinski definition) is 7. The Balaban J connectivity index is 2.21. The summed E-state index contributed by atoms with van der Waals surface area (Å²) in [6, 6.07) is 3.68. The third kappa shape index (κ3) is 14.2. The van der Waals surface area contributed by atoms with E-state index in [1.54, 1.807) is 35.2 Å². The number of nitrogens with two attached hydrogens (primary N) is 4. The Morgan fingerprint density at radius 1 is 0.857 bits per heavy atom. The second-order valence-electron chi connectivity index (χ2n) is 11.7. The number of carbonyl (C=O) groups is 5. The fourth-order valence-corrected chi connectivity index (χ4v) is 6.21. The summed E-state index contributed by atoms with van der Waals surface area (Å²) in [5, 5.41) is 8.19. The third-order valence-electron chi connectivity index (χ3n) is 7.73. The molecule has 49 heavy (non-hydrogen) atoms. The van der Waals surface area contributed by atoms with E-state index in [1.165, 1.54) is 11.8 Å². The van der Waals surface area contributed by atoms with Crippen LogP contribution in [0.2, 0.25) is 0 Å². The van der Waals surface area contributed by atoms with Gasteiger partial charge in [-0.1, -0.05) is 69.2 Å². The maximum absolute atomic E-state index is 13.6. The zero-order valence-corrected chi connectivity index (χ0v) is 30.0. The maximum Gasteiger partial charge on any atom is 0.266 e. The number of amides is 5. The van der Waals surface area contributed by atoms with Crippen LogP contribution < -0.4 is 38.9 Å². The molecule has 1 saturated heterocycles. The van der Waals surface area contributed by atoms with Crippen LogP contribution in [0.3, 0.4) is 0 Å². The second kappa shape index (κ2) is 21.8. The highest BCUT2D eigenvalue weighted by atomic mass is 32.2. The molecule has 1 aromatic rings. The summed E-state index contributed by atoms with van der Waals surface area (Å²) >= 11 is 6.62. The van der Waals surface area contributed by atoms with Crippen LogP contribution in [0.15, 0.2) is 34.2 Å². The highest BCUT2D eigenvalue weighted by molar-refractivity contribution is 8.26. The van der Waals surface area contributed by atoms with E-state index in [0.29, 0.717) is 60.0 Å². The number of nitrogens with one attached hydrogen (secondary N) is 3. The Bertz CT molecular complexity index is 1370. The molecule has 1 heterocycles. The van der Waals surface area contributed by atoms with Crippen molar-refractivity contribution in [2.45, 2.75) is 96.2 Å². The number of aliphatic imine (C=N–C) groups is 1. The molecule has 1 aliphatic rings. The quantitative estimate of drug-likeness (QED) is 0.0301. The molecule has 14 nitrogen and oxygen atoms in total. The van der Waals surface area contributed by atoms with Crippen molar-refractivity contribution in [1.29, 1.82) is 0 Å². The van der Waals surface area contributed by atoms with Gasteiger partial charge in [-0.05, 0) is 75.3 Å². The Kier molecular flexibility index (Phi) is 18.3. The van der Waals surface area contributed by atoms with Crippen LogP contribution in [-0.2, 0) is 19.2 Å². The van der Waals surface area contributed by atoms with E-state index < -0.39 is 41.8 Å². The first kappa shape index (κ1) is 41.2. The first-order valence-electron chi connectivity index (χ1n) is 16.7. The molecule has 0 aliphatic carbocycles. The van der Waals surface area contributed by atoms with Crippen LogP contribution in [0.5, 0.6) is 0 Å². The molecule has 0 radical (unpaired) electrons. The summed E-state index contributed by atoms with van der Waals surface area (Å²) in [6.45, 7) is 5.20. The Hall–Kier alpha value is -4.02. The zero-order chi connectivity index (χ0) is 36.3. The molecule has 0 aromatic heterocycles. The van der Waals surface area contributed by atoms with Crippen molar-refractivity contribution in [3.8, 4) is 0 Å².